The maximum absolute atomic E-state index is 13.7. The zero-order valence-electron chi connectivity index (χ0n) is 17.3. The second-order valence-corrected chi connectivity index (χ2v) is 10.3. The number of amides is 2. The molecule has 0 aromatic heterocycles. The molecule has 27 heavy (non-hydrogen) atoms. The fourth-order valence-corrected chi connectivity index (χ4v) is 7.07. The van der Waals surface area contributed by atoms with Crippen LogP contribution in [0.15, 0.2) is 0 Å². The molecule has 1 heterocycles. The van der Waals surface area contributed by atoms with E-state index in [2.05, 4.69) is 19.2 Å². The number of carbonyl (C=O) groups excluding carboxylic acids is 2. The van der Waals surface area contributed by atoms with Gasteiger partial charge in [-0.25, -0.2) is 0 Å². The third-order valence-corrected chi connectivity index (χ3v) is 7.94. The number of hydrogen-bond acceptors (Lipinski definition) is 2. The fourth-order valence-electron chi connectivity index (χ4n) is 7.07. The van der Waals surface area contributed by atoms with Crippen molar-refractivity contribution in [2.45, 2.75) is 103 Å². The SMILES string of the molecule is CCCCCC(C)NC(=O)C1CCCN1C(=O)C12CC3CC(CC(C3)C1)C2. The van der Waals surface area contributed by atoms with Crippen molar-refractivity contribution in [3.05, 3.63) is 0 Å². The Morgan fingerprint density at radius 3 is 2.30 bits per heavy atom. The molecule has 0 aromatic carbocycles. The summed E-state index contributed by atoms with van der Waals surface area (Å²) in [4.78, 5) is 28.6. The molecule has 4 aliphatic carbocycles. The second kappa shape index (κ2) is 7.75. The van der Waals surface area contributed by atoms with Gasteiger partial charge in [-0.15, -0.1) is 0 Å². The van der Waals surface area contributed by atoms with Crippen molar-refractivity contribution in [1.82, 2.24) is 10.2 Å². The first kappa shape index (κ1) is 19.3. The van der Waals surface area contributed by atoms with Crippen LogP contribution in [-0.4, -0.2) is 35.3 Å². The molecule has 152 valence electrons. The lowest BCUT2D eigenvalue weighted by Gasteiger charge is -2.56. The monoisotopic (exact) mass is 374 g/mol. The van der Waals surface area contributed by atoms with Crippen LogP contribution in [-0.2, 0) is 9.59 Å². The Bertz CT molecular complexity index is 537. The molecule has 4 heteroatoms. The normalized spacial score (nSPS) is 38.2. The highest BCUT2D eigenvalue weighted by molar-refractivity contribution is 5.91. The molecule has 2 amide bonds. The zero-order chi connectivity index (χ0) is 19.0. The van der Waals surface area contributed by atoms with Crippen LogP contribution in [0.5, 0.6) is 0 Å². The van der Waals surface area contributed by atoms with Gasteiger partial charge in [0.2, 0.25) is 11.8 Å². The first-order chi connectivity index (χ1) is 13.0. The van der Waals surface area contributed by atoms with E-state index in [-0.39, 0.29) is 23.4 Å². The van der Waals surface area contributed by atoms with Gasteiger partial charge in [-0.3, -0.25) is 9.59 Å². The van der Waals surface area contributed by atoms with E-state index in [9.17, 15) is 9.59 Å². The Hall–Kier alpha value is -1.06. The van der Waals surface area contributed by atoms with E-state index in [0.29, 0.717) is 5.91 Å². The van der Waals surface area contributed by atoms with Crippen LogP contribution < -0.4 is 5.32 Å². The molecule has 5 fully saturated rings. The second-order valence-electron chi connectivity index (χ2n) is 10.3. The van der Waals surface area contributed by atoms with Gasteiger partial charge in [0.1, 0.15) is 6.04 Å². The molecule has 2 unspecified atom stereocenters. The number of carbonyl (C=O) groups is 2. The average molecular weight is 375 g/mol. The van der Waals surface area contributed by atoms with Crippen molar-refractivity contribution in [1.29, 1.82) is 0 Å². The molecule has 1 aliphatic heterocycles. The largest absolute Gasteiger partial charge is 0.352 e. The Balaban J connectivity index is 1.39. The summed E-state index contributed by atoms with van der Waals surface area (Å²) >= 11 is 0. The van der Waals surface area contributed by atoms with Crippen molar-refractivity contribution < 1.29 is 9.59 Å². The number of likely N-dealkylation sites (tertiary alicyclic amines) is 1. The molecule has 4 nitrogen and oxygen atoms in total. The van der Waals surface area contributed by atoms with Crippen LogP contribution in [0.2, 0.25) is 0 Å². The third-order valence-electron chi connectivity index (χ3n) is 7.94. The van der Waals surface area contributed by atoms with Gasteiger partial charge in [0, 0.05) is 12.6 Å². The highest BCUT2D eigenvalue weighted by Crippen LogP contribution is 2.60. The minimum absolute atomic E-state index is 0.0922. The topological polar surface area (TPSA) is 49.4 Å². The standard InChI is InChI=1S/C23H38N2O2/c1-3-4-5-7-16(2)24-21(26)20-8-6-9-25(20)22(27)23-13-17-10-18(14-23)12-19(11-17)15-23/h16-20H,3-15H2,1-2H3,(H,24,26). The minimum Gasteiger partial charge on any atom is -0.352 e. The van der Waals surface area contributed by atoms with Gasteiger partial charge in [-0.1, -0.05) is 26.2 Å². The molecule has 1 N–H and O–H groups in total. The maximum Gasteiger partial charge on any atom is 0.243 e. The summed E-state index contributed by atoms with van der Waals surface area (Å²) in [5.41, 5.74) is -0.121. The third kappa shape index (κ3) is 3.78. The van der Waals surface area contributed by atoms with E-state index in [1.165, 1.54) is 38.5 Å². The number of nitrogens with zero attached hydrogens (tertiary/aromatic N) is 1. The molecule has 1 saturated heterocycles. The van der Waals surface area contributed by atoms with Gasteiger partial charge in [0.25, 0.3) is 0 Å². The number of hydrogen-bond donors (Lipinski definition) is 1. The van der Waals surface area contributed by atoms with E-state index in [4.69, 9.17) is 0 Å². The van der Waals surface area contributed by atoms with Crippen molar-refractivity contribution in [2.24, 2.45) is 23.2 Å². The van der Waals surface area contributed by atoms with Crippen molar-refractivity contribution in [3.63, 3.8) is 0 Å². The summed E-state index contributed by atoms with van der Waals surface area (Å²) in [6, 6.07) is -0.0136. The van der Waals surface area contributed by atoms with E-state index in [1.54, 1.807) is 0 Å². The Kier molecular flexibility index (Phi) is 5.53. The molecular weight excluding hydrogens is 336 g/mol. The van der Waals surface area contributed by atoms with Gasteiger partial charge >= 0.3 is 0 Å². The Morgan fingerprint density at radius 2 is 1.70 bits per heavy atom. The number of unbranched alkanes of at least 4 members (excludes halogenated alkanes) is 2. The van der Waals surface area contributed by atoms with Crippen molar-refractivity contribution in [2.75, 3.05) is 6.54 Å². The van der Waals surface area contributed by atoms with E-state index >= 15 is 0 Å². The lowest BCUT2D eigenvalue weighted by Crippen LogP contribution is -2.57. The summed E-state index contributed by atoms with van der Waals surface area (Å²) in [5.74, 6) is 2.74. The summed E-state index contributed by atoms with van der Waals surface area (Å²) in [7, 11) is 0. The molecule has 4 saturated carbocycles. The van der Waals surface area contributed by atoms with Crippen LogP contribution in [0.25, 0.3) is 0 Å². The predicted molar refractivity (Wildman–Crippen MR) is 107 cm³/mol. The first-order valence-electron chi connectivity index (χ1n) is 11.6. The molecule has 0 radical (unpaired) electrons. The number of nitrogens with one attached hydrogen (secondary N) is 1. The number of rotatable bonds is 7. The van der Waals surface area contributed by atoms with Crippen molar-refractivity contribution >= 4 is 11.8 Å². The van der Waals surface area contributed by atoms with Gasteiger partial charge < -0.3 is 10.2 Å². The smallest absolute Gasteiger partial charge is 0.243 e. The van der Waals surface area contributed by atoms with Crippen LogP contribution in [0.1, 0.15) is 90.9 Å². The predicted octanol–water partition coefficient (Wildman–Crippen LogP) is 4.28. The van der Waals surface area contributed by atoms with Crippen LogP contribution >= 0.6 is 0 Å². The Labute approximate surface area is 164 Å². The Morgan fingerprint density at radius 1 is 1.07 bits per heavy atom. The lowest BCUT2D eigenvalue weighted by molar-refractivity contribution is -0.160. The van der Waals surface area contributed by atoms with Crippen LogP contribution in [0.4, 0.5) is 0 Å². The molecule has 2 atom stereocenters. The summed E-state index contributed by atoms with van der Waals surface area (Å²) in [6.07, 6.45) is 13.8. The van der Waals surface area contributed by atoms with Gasteiger partial charge in [0.05, 0.1) is 5.41 Å². The first-order valence-corrected chi connectivity index (χ1v) is 11.6. The fraction of sp³-hybridized carbons (Fsp3) is 0.913. The van der Waals surface area contributed by atoms with Crippen LogP contribution in [0, 0.1) is 23.2 Å². The van der Waals surface area contributed by atoms with Crippen molar-refractivity contribution in [3.8, 4) is 0 Å². The van der Waals surface area contributed by atoms with E-state index in [1.807, 2.05) is 4.90 Å². The summed E-state index contributed by atoms with van der Waals surface area (Å²) in [5, 5.41) is 3.21. The molecule has 0 spiro atoms. The highest BCUT2D eigenvalue weighted by atomic mass is 16.2. The maximum atomic E-state index is 13.7. The minimum atomic E-state index is -0.223. The van der Waals surface area contributed by atoms with E-state index < -0.39 is 0 Å². The molecule has 5 rings (SSSR count). The van der Waals surface area contributed by atoms with Gasteiger partial charge in [-0.05, 0) is 82.5 Å². The average Bonchev–Trinajstić information content (AvgIpc) is 3.09. The molecular formula is C23H38N2O2. The van der Waals surface area contributed by atoms with Gasteiger partial charge in [-0.2, -0.15) is 0 Å². The molecule has 5 aliphatic rings. The lowest BCUT2D eigenvalue weighted by atomic mass is 9.49. The zero-order valence-corrected chi connectivity index (χ0v) is 17.3. The molecule has 4 bridgehead atoms. The van der Waals surface area contributed by atoms with E-state index in [0.717, 1.165) is 62.8 Å². The quantitative estimate of drug-likeness (QED) is 0.676. The van der Waals surface area contributed by atoms with Crippen LogP contribution in [0.3, 0.4) is 0 Å². The molecule has 0 aromatic rings. The summed E-state index contributed by atoms with van der Waals surface area (Å²) in [6.45, 7) is 5.09. The summed E-state index contributed by atoms with van der Waals surface area (Å²) < 4.78 is 0. The highest BCUT2D eigenvalue weighted by Gasteiger charge is 2.56. The van der Waals surface area contributed by atoms with Gasteiger partial charge in [0.15, 0.2) is 0 Å².